The van der Waals surface area contributed by atoms with E-state index in [2.05, 4.69) is 11.9 Å². The monoisotopic (exact) mass is 413 g/mol. The second kappa shape index (κ2) is 9.28. The van der Waals surface area contributed by atoms with Gasteiger partial charge in [-0.25, -0.2) is 4.98 Å². The number of carbonyl (C=O) groups is 3. The standard InChI is InChI=1S/C22H31N5O3/c1-4-6-12-26(15(3)28)21-18(5-2)24-19-10-9-17(14-27(19)21)22(30)25-11-7-8-16(13-25)20(23)29/h9-10,14,16H,4-8,11-13H2,1-3H3,(H2,23,29). The summed E-state index contributed by atoms with van der Waals surface area (Å²) in [6.45, 7) is 7.21. The summed E-state index contributed by atoms with van der Waals surface area (Å²) < 4.78 is 1.85. The van der Waals surface area contributed by atoms with Gasteiger partial charge >= 0.3 is 0 Å². The highest BCUT2D eigenvalue weighted by Crippen LogP contribution is 2.26. The Bertz CT molecular complexity index is 952. The molecule has 1 aliphatic heterocycles. The van der Waals surface area contributed by atoms with Crippen molar-refractivity contribution in [3.63, 3.8) is 0 Å². The Morgan fingerprint density at radius 3 is 2.67 bits per heavy atom. The first-order valence-electron chi connectivity index (χ1n) is 10.7. The Kier molecular flexibility index (Phi) is 6.74. The van der Waals surface area contributed by atoms with Crippen molar-refractivity contribution in [2.24, 2.45) is 11.7 Å². The normalized spacial score (nSPS) is 16.6. The molecule has 1 atom stereocenters. The van der Waals surface area contributed by atoms with Crippen LogP contribution < -0.4 is 10.6 Å². The first-order chi connectivity index (χ1) is 14.4. The molecule has 0 radical (unpaired) electrons. The zero-order chi connectivity index (χ0) is 21.8. The molecule has 0 saturated carbocycles. The van der Waals surface area contributed by atoms with E-state index in [0.717, 1.165) is 30.8 Å². The number of primary amides is 1. The van der Waals surface area contributed by atoms with Gasteiger partial charge in [-0.2, -0.15) is 0 Å². The molecular formula is C22H31N5O3. The first kappa shape index (κ1) is 21.8. The van der Waals surface area contributed by atoms with Gasteiger partial charge in [0.25, 0.3) is 5.91 Å². The smallest absolute Gasteiger partial charge is 0.255 e. The van der Waals surface area contributed by atoms with Gasteiger partial charge in [-0.15, -0.1) is 0 Å². The van der Waals surface area contributed by atoms with Gasteiger partial charge in [-0.3, -0.25) is 23.7 Å². The Morgan fingerprint density at radius 1 is 1.27 bits per heavy atom. The third kappa shape index (κ3) is 4.32. The van der Waals surface area contributed by atoms with Crippen molar-refractivity contribution in [2.75, 3.05) is 24.5 Å². The predicted octanol–water partition coefficient (Wildman–Crippen LogP) is 2.39. The van der Waals surface area contributed by atoms with Crippen LogP contribution in [-0.4, -0.2) is 51.6 Å². The largest absolute Gasteiger partial charge is 0.369 e. The second-order valence-corrected chi connectivity index (χ2v) is 7.90. The van der Waals surface area contributed by atoms with E-state index in [0.29, 0.717) is 43.7 Å². The third-order valence-electron chi connectivity index (χ3n) is 5.73. The lowest BCUT2D eigenvalue weighted by molar-refractivity contribution is -0.123. The Labute approximate surface area is 177 Å². The summed E-state index contributed by atoms with van der Waals surface area (Å²) >= 11 is 0. The maximum absolute atomic E-state index is 13.1. The van der Waals surface area contributed by atoms with Gasteiger partial charge < -0.3 is 10.6 Å². The second-order valence-electron chi connectivity index (χ2n) is 7.90. The fraction of sp³-hybridized carbons (Fsp3) is 0.545. The predicted molar refractivity (Wildman–Crippen MR) is 115 cm³/mol. The molecule has 0 aromatic carbocycles. The minimum atomic E-state index is -0.361. The lowest BCUT2D eigenvalue weighted by atomic mass is 9.97. The quantitative estimate of drug-likeness (QED) is 0.753. The summed E-state index contributed by atoms with van der Waals surface area (Å²) in [5.74, 6) is -0.109. The molecule has 2 aromatic heterocycles. The van der Waals surface area contributed by atoms with Crippen LogP contribution in [0.5, 0.6) is 0 Å². The molecule has 3 amide bonds. The number of imidazole rings is 1. The minimum absolute atomic E-state index is 0.0444. The highest BCUT2D eigenvalue weighted by molar-refractivity contribution is 5.95. The van der Waals surface area contributed by atoms with Crippen LogP contribution in [0.25, 0.3) is 5.65 Å². The Hall–Kier alpha value is -2.90. The summed E-state index contributed by atoms with van der Waals surface area (Å²) in [7, 11) is 0. The van der Waals surface area contributed by atoms with Crippen LogP contribution >= 0.6 is 0 Å². The van der Waals surface area contributed by atoms with Crippen molar-refractivity contribution >= 4 is 29.2 Å². The molecule has 1 saturated heterocycles. The van der Waals surface area contributed by atoms with E-state index in [4.69, 9.17) is 5.73 Å². The number of likely N-dealkylation sites (tertiary alicyclic amines) is 1. The molecule has 30 heavy (non-hydrogen) atoms. The van der Waals surface area contributed by atoms with Gasteiger partial charge in [-0.05, 0) is 37.8 Å². The number of amides is 3. The molecule has 1 unspecified atom stereocenters. The topological polar surface area (TPSA) is 101 Å². The number of aryl methyl sites for hydroxylation is 1. The summed E-state index contributed by atoms with van der Waals surface area (Å²) in [6, 6.07) is 3.56. The number of nitrogens with two attached hydrogens (primary N) is 1. The van der Waals surface area contributed by atoms with E-state index in [9.17, 15) is 14.4 Å². The minimum Gasteiger partial charge on any atom is -0.369 e. The SMILES string of the molecule is CCCCN(C(C)=O)c1c(CC)nc2ccc(C(=O)N3CCCC(C(N)=O)C3)cn12. The third-order valence-corrected chi connectivity index (χ3v) is 5.73. The van der Waals surface area contributed by atoms with Crippen molar-refractivity contribution in [1.82, 2.24) is 14.3 Å². The van der Waals surface area contributed by atoms with E-state index in [1.165, 1.54) is 0 Å². The lowest BCUT2D eigenvalue weighted by Gasteiger charge is -2.31. The lowest BCUT2D eigenvalue weighted by Crippen LogP contribution is -2.44. The van der Waals surface area contributed by atoms with Crippen LogP contribution in [0, 0.1) is 5.92 Å². The number of fused-ring (bicyclic) bond motifs is 1. The maximum Gasteiger partial charge on any atom is 0.255 e. The molecule has 2 aromatic rings. The van der Waals surface area contributed by atoms with Crippen molar-refractivity contribution in [1.29, 1.82) is 0 Å². The number of aromatic nitrogens is 2. The zero-order valence-corrected chi connectivity index (χ0v) is 18.1. The van der Waals surface area contributed by atoms with Crippen LogP contribution in [0.15, 0.2) is 18.3 Å². The number of piperidine rings is 1. The molecule has 2 N–H and O–H groups in total. The number of pyridine rings is 1. The number of anilines is 1. The highest BCUT2D eigenvalue weighted by Gasteiger charge is 2.28. The number of nitrogens with zero attached hydrogens (tertiary/aromatic N) is 4. The Morgan fingerprint density at radius 2 is 2.03 bits per heavy atom. The molecule has 3 heterocycles. The molecule has 0 spiro atoms. The van der Waals surface area contributed by atoms with Gasteiger partial charge in [-0.1, -0.05) is 20.3 Å². The number of hydrogen-bond acceptors (Lipinski definition) is 4. The van der Waals surface area contributed by atoms with E-state index in [-0.39, 0.29) is 23.6 Å². The van der Waals surface area contributed by atoms with E-state index in [1.54, 1.807) is 29.0 Å². The van der Waals surface area contributed by atoms with Crippen molar-refractivity contribution in [3.05, 3.63) is 29.6 Å². The van der Waals surface area contributed by atoms with Gasteiger partial charge in [0, 0.05) is 32.8 Å². The fourth-order valence-corrected chi connectivity index (χ4v) is 4.04. The van der Waals surface area contributed by atoms with Gasteiger partial charge in [0.05, 0.1) is 17.2 Å². The number of carbonyl (C=O) groups excluding carboxylic acids is 3. The first-order valence-corrected chi connectivity index (χ1v) is 10.7. The molecule has 0 aliphatic carbocycles. The molecule has 3 rings (SSSR count). The van der Waals surface area contributed by atoms with Crippen LogP contribution in [0.1, 0.15) is 62.5 Å². The fourth-order valence-electron chi connectivity index (χ4n) is 4.04. The maximum atomic E-state index is 13.1. The van der Waals surface area contributed by atoms with Crippen LogP contribution in [0.2, 0.25) is 0 Å². The average Bonchev–Trinajstić information content (AvgIpc) is 3.11. The average molecular weight is 414 g/mol. The van der Waals surface area contributed by atoms with E-state index >= 15 is 0 Å². The zero-order valence-electron chi connectivity index (χ0n) is 18.1. The molecule has 162 valence electrons. The van der Waals surface area contributed by atoms with E-state index < -0.39 is 0 Å². The molecule has 8 heteroatoms. The summed E-state index contributed by atoms with van der Waals surface area (Å²) in [6.07, 6.45) is 5.78. The molecule has 1 fully saturated rings. The van der Waals surface area contributed by atoms with Crippen molar-refractivity contribution in [3.8, 4) is 0 Å². The van der Waals surface area contributed by atoms with Crippen LogP contribution in [0.4, 0.5) is 5.82 Å². The summed E-state index contributed by atoms with van der Waals surface area (Å²) in [5, 5.41) is 0. The van der Waals surface area contributed by atoms with Gasteiger partial charge in [0.15, 0.2) is 0 Å². The van der Waals surface area contributed by atoms with Gasteiger partial charge in [0.2, 0.25) is 11.8 Å². The van der Waals surface area contributed by atoms with Crippen molar-refractivity contribution in [2.45, 2.75) is 52.9 Å². The highest BCUT2D eigenvalue weighted by atomic mass is 16.2. The van der Waals surface area contributed by atoms with Crippen LogP contribution in [-0.2, 0) is 16.0 Å². The molecule has 8 nitrogen and oxygen atoms in total. The molecular weight excluding hydrogens is 382 g/mol. The van der Waals surface area contributed by atoms with Gasteiger partial charge in [0.1, 0.15) is 11.5 Å². The van der Waals surface area contributed by atoms with E-state index in [1.807, 2.05) is 17.4 Å². The van der Waals surface area contributed by atoms with Crippen LogP contribution in [0.3, 0.4) is 0 Å². The number of unbranched alkanes of at least 4 members (excludes halogenated alkanes) is 1. The summed E-state index contributed by atoms with van der Waals surface area (Å²) in [5.41, 5.74) is 7.50. The van der Waals surface area contributed by atoms with Crippen molar-refractivity contribution < 1.29 is 14.4 Å². The Balaban J connectivity index is 1.99. The molecule has 0 bridgehead atoms. The number of hydrogen-bond donors (Lipinski definition) is 1. The molecule has 1 aliphatic rings. The summed E-state index contributed by atoms with van der Waals surface area (Å²) in [4.78, 5) is 45.2. The number of rotatable bonds is 7.